The Morgan fingerprint density at radius 2 is 1.76 bits per heavy atom. The molecule has 3 heteroatoms. The van der Waals surface area contributed by atoms with Crippen molar-refractivity contribution < 1.29 is 9.53 Å². The fourth-order valence-corrected chi connectivity index (χ4v) is 3.51. The SMILES string of the molecule is CC(C)(Cc1ccccc1)NC(=O)COc1ccc2c(c1)CCCC2. The molecule has 0 bridgehead atoms. The topological polar surface area (TPSA) is 38.3 Å². The van der Waals surface area contributed by atoms with Crippen LogP contribution in [0, 0.1) is 0 Å². The molecular weight excluding hydrogens is 310 g/mol. The van der Waals surface area contributed by atoms with Gasteiger partial charge in [0.15, 0.2) is 6.61 Å². The monoisotopic (exact) mass is 337 g/mol. The van der Waals surface area contributed by atoms with Gasteiger partial charge in [0.05, 0.1) is 0 Å². The second-order valence-corrected chi connectivity index (χ2v) is 7.52. The van der Waals surface area contributed by atoms with Gasteiger partial charge in [-0.3, -0.25) is 4.79 Å². The fraction of sp³-hybridized carbons (Fsp3) is 0.409. The van der Waals surface area contributed by atoms with Crippen LogP contribution in [0.15, 0.2) is 48.5 Å². The van der Waals surface area contributed by atoms with Crippen molar-refractivity contribution in [2.75, 3.05) is 6.61 Å². The van der Waals surface area contributed by atoms with E-state index in [9.17, 15) is 4.79 Å². The van der Waals surface area contributed by atoms with Crippen LogP contribution in [0.2, 0.25) is 0 Å². The third-order valence-corrected chi connectivity index (χ3v) is 4.66. The highest BCUT2D eigenvalue weighted by Gasteiger charge is 2.21. The number of carbonyl (C=O) groups is 1. The summed E-state index contributed by atoms with van der Waals surface area (Å²) in [5, 5.41) is 3.07. The van der Waals surface area contributed by atoms with Gasteiger partial charge in [0.1, 0.15) is 5.75 Å². The van der Waals surface area contributed by atoms with Crippen molar-refractivity contribution >= 4 is 5.91 Å². The van der Waals surface area contributed by atoms with Gasteiger partial charge in [0, 0.05) is 5.54 Å². The van der Waals surface area contributed by atoms with Crippen LogP contribution in [0.25, 0.3) is 0 Å². The van der Waals surface area contributed by atoms with E-state index in [0.29, 0.717) is 0 Å². The molecule has 1 N–H and O–H groups in total. The maximum absolute atomic E-state index is 12.3. The Morgan fingerprint density at radius 1 is 1.04 bits per heavy atom. The van der Waals surface area contributed by atoms with Crippen molar-refractivity contribution in [1.29, 1.82) is 0 Å². The molecule has 0 spiro atoms. The molecule has 0 aromatic heterocycles. The highest BCUT2D eigenvalue weighted by atomic mass is 16.5. The van der Waals surface area contributed by atoms with E-state index in [1.54, 1.807) is 0 Å². The highest BCUT2D eigenvalue weighted by Crippen LogP contribution is 2.25. The van der Waals surface area contributed by atoms with Crippen LogP contribution in [0.5, 0.6) is 5.75 Å². The van der Waals surface area contributed by atoms with Crippen molar-refractivity contribution in [1.82, 2.24) is 5.32 Å². The highest BCUT2D eigenvalue weighted by molar-refractivity contribution is 5.78. The molecule has 0 atom stereocenters. The van der Waals surface area contributed by atoms with Crippen LogP contribution in [-0.4, -0.2) is 18.1 Å². The first-order valence-electron chi connectivity index (χ1n) is 9.11. The molecule has 0 saturated carbocycles. The molecule has 0 fully saturated rings. The van der Waals surface area contributed by atoms with E-state index >= 15 is 0 Å². The molecule has 25 heavy (non-hydrogen) atoms. The number of ether oxygens (including phenoxy) is 1. The third-order valence-electron chi connectivity index (χ3n) is 4.66. The normalized spacial score (nSPS) is 13.8. The van der Waals surface area contributed by atoms with Crippen LogP contribution in [0.3, 0.4) is 0 Å². The van der Waals surface area contributed by atoms with Crippen LogP contribution in [0.1, 0.15) is 43.4 Å². The predicted molar refractivity (Wildman–Crippen MR) is 101 cm³/mol. The Kier molecular flexibility index (Phi) is 5.42. The molecule has 0 aliphatic heterocycles. The minimum atomic E-state index is -0.308. The minimum Gasteiger partial charge on any atom is -0.484 e. The Labute approximate surface area is 150 Å². The smallest absolute Gasteiger partial charge is 0.258 e. The zero-order valence-electron chi connectivity index (χ0n) is 15.2. The second kappa shape index (κ2) is 7.73. The van der Waals surface area contributed by atoms with Crippen molar-refractivity contribution in [3.8, 4) is 5.75 Å². The van der Waals surface area contributed by atoms with Gasteiger partial charge in [-0.2, -0.15) is 0 Å². The number of aryl methyl sites for hydroxylation is 2. The molecule has 1 aliphatic rings. The first kappa shape index (κ1) is 17.5. The standard InChI is InChI=1S/C22H27NO2/c1-22(2,15-17-8-4-3-5-9-17)23-21(24)16-25-20-13-12-18-10-6-7-11-19(18)14-20/h3-5,8-9,12-14H,6-7,10-11,15-16H2,1-2H3,(H,23,24). The van der Waals surface area contributed by atoms with Crippen molar-refractivity contribution in [3.05, 3.63) is 65.2 Å². The Balaban J connectivity index is 1.52. The fourth-order valence-electron chi connectivity index (χ4n) is 3.51. The van der Waals surface area contributed by atoms with Gasteiger partial charge in [0.25, 0.3) is 5.91 Å². The number of rotatable bonds is 6. The maximum atomic E-state index is 12.3. The molecule has 3 nitrogen and oxygen atoms in total. The summed E-state index contributed by atoms with van der Waals surface area (Å²) in [4.78, 5) is 12.3. The summed E-state index contributed by atoms with van der Waals surface area (Å²) in [5.74, 6) is 0.704. The number of fused-ring (bicyclic) bond motifs is 1. The molecule has 2 aromatic carbocycles. The lowest BCUT2D eigenvalue weighted by molar-refractivity contribution is -0.124. The molecule has 0 radical (unpaired) electrons. The van der Waals surface area contributed by atoms with Gasteiger partial charge < -0.3 is 10.1 Å². The van der Waals surface area contributed by atoms with Crippen LogP contribution in [-0.2, 0) is 24.1 Å². The Bertz CT molecular complexity index is 722. The van der Waals surface area contributed by atoms with E-state index in [2.05, 4.69) is 29.6 Å². The second-order valence-electron chi connectivity index (χ2n) is 7.52. The van der Waals surface area contributed by atoms with Gasteiger partial charge in [-0.15, -0.1) is 0 Å². The van der Waals surface area contributed by atoms with Crippen molar-refractivity contribution in [3.63, 3.8) is 0 Å². The van der Waals surface area contributed by atoms with E-state index in [1.807, 2.05) is 38.1 Å². The van der Waals surface area contributed by atoms with Gasteiger partial charge in [0.2, 0.25) is 0 Å². The van der Waals surface area contributed by atoms with E-state index in [4.69, 9.17) is 4.74 Å². The zero-order valence-corrected chi connectivity index (χ0v) is 15.2. The average Bonchev–Trinajstić information content (AvgIpc) is 2.60. The van der Waals surface area contributed by atoms with E-state index in [0.717, 1.165) is 25.0 Å². The zero-order chi connectivity index (χ0) is 17.7. The largest absolute Gasteiger partial charge is 0.484 e. The summed E-state index contributed by atoms with van der Waals surface area (Å²) in [6.45, 7) is 4.13. The quantitative estimate of drug-likeness (QED) is 0.862. The Hall–Kier alpha value is -2.29. The molecule has 132 valence electrons. The summed E-state index contributed by atoms with van der Waals surface area (Å²) in [6.07, 6.45) is 5.57. The van der Waals surface area contributed by atoms with Crippen LogP contribution >= 0.6 is 0 Å². The maximum Gasteiger partial charge on any atom is 0.258 e. The first-order valence-corrected chi connectivity index (χ1v) is 9.11. The number of nitrogens with one attached hydrogen (secondary N) is 1. The lowest BCUT2D eigenvalue weighted by Crippen LogP contribution is -2.47. The van der Waals surface area contributed by atoms with Gasteiger partial charge >= 0.3 is 0 Å². The molecule has 0 unspecified atom stereocenters. The lowest BCUT2D eigenvalue weighted by Gasteiger charge is -2.26. The van der Waals surface area contributed by atoms with Crippen LogP contribution in [0.4, 0.5) is 0 Å². The van der Waals surface area contributed by atoms with E-state index < -0.39 is 0 Å². The minimum absolute atomic E-state index is 0.0526. The predicted octanol–water partition coefficient (Wildman–Crippen LogP) is 4.08. The molecule has 0 heterocycles. The van der Waals surface area contributed by atoms with Gasteiger partial charge in [-0.05, 0) is 74.8 Å². The van der Waals surface area contributed by atoms with E-state index in [1.165, 1.54) is 29.5 Å². The molecular formula is C22H27NO2. The third kappa shape index (κ3) is 5.09. The molecule has 1 aliphatic carbocycles. The van der Waals surface area contributed by atoms with Crippen molar-refractivity contribution in [2.24, 2.45) is 0 Å². The van der Waals surface area contributed by atoms with Crippen molar-refractivity contribution in [2.45, 2.75) is 51.5 Å². The number of carbonyl (C=O) groups excluding carboxylic acids is 1. The molecule has 3 rings (SSSR count). The summed E-state index contributed by atoms with van der Waals surface area (Å²) in [7, 11) is 0. The first-order chi connectivity index (χ1) is 12.0. The number of hydrogen-bond acceptors (Lipinski definition) is 2. The molecule has 0 saturated heterocycles. The number of benzene rings is 2. The summed E-state index contributed by atoms with van der Waals surface area (Å²) < 4.78 is 5.72. The average molecular weight is 337 g/mol. The summed E-state index contributed by atoms with van der Waals surface area (Å²) in [6, 6.07) is 16.4. The molecule has 1 amide bonds. The summed E-state index contributed by atoms with van der Waals surface area (Å²) >= 11 is 0. The van der Waals surface area contributed by atoms with Crippen LogP contribution < -0.4 is 10.1 Å². The van der Waals surface area contributed by atoms with Gasteiger partial charge in [-0.1, -0.05) is 36.4 Å². The summed E-state index contributed by atoms with van der Waals surface area (Å²) in [5.41, 5.74) is 3.70. The van der Waals surface area contributed by atoms with Gasteiger partial charge in [-0.25, -0.2) is 0 Å². The number of amides is 1. The Morgan fingerprint density at radius 3 is 2.52 bits per heavy atom. The number of hydrogen-bond donors (Lipinski definition) is 1. The molecule has 2 aromatic rings. The van der Waals surface area contributed by atoms with E-state index in [-0.39, 0.29) is 18.1 Å². The lowest BCUT2D eigenvalue weighted by atomic mass is 9.92.